The molecule has 0 radical (unpaired) electrons. The van der Waals surface area contributed by atoms with Crippen LogP contribution in [0, 0.1) is 17.8 Å². The lowest BCUT2D eigenvalue weighted by molar-refractivity contribution is -0.141. The van der Waals surface area contributed by atoms with E-state index in [0.29, 0.717) is 12.3 Å². The summed E-state index contributed by atoms with van der Waals surface area (Å²) >= 11 is 0. The van der Waals surface area contributed by atoms with Crippen LogP contribution in [0.5, 0.6) is 0 Å². The number of fused-ring (bicyclic) bond motifs is 1. The number of ether oxygens (including phenoxy) is 1. The lowest BCUT2D eigenvalue weighted by atomic mass is 10.0. The second-order valence-corrected chi connectivity index (χ2v) is 4.30. The van der Waals surface area contributed by atoms with Crippen molar-refractivity contribution in [3.8, 4) is 0 Å². The van der Waals surface area contributed by atoms with Gasteiger partial charge in [-0.05, 0) is 43.7 Å². The fraction of sp³-hybridized carbons (Fsp3) is 0.900. The summed E-state index contributed by atoms with van der Waals surface area (Å²) in [6.45, 7) is 2.31. The Balaban J connectivity index is 1.82. The van der Waals surface area contributed by atoms with Crippen LogP contribution in [0.1, 0.15) is 19.3 Å². The molecule has 0 amide bonds. The van der Waals surface area contributed by atoms with E-state index < -0.39 is 0 Å². The summed E-state index contributed by atoms with van der Waals surface area (Å²) in [5.41, 5.74) is 0. The molecule has 0 aromatic carbocycles. The standard InChI is InChI=1S/C10H17NO2/c1-13-10(12)4-7-2-8-5-11-6-9(8)3-7/h7-9,11H,2-6H2,1H3/t7?,8-,9?/m0/s1. The Labute approximate surface area is 78.8 Å². The van der Waals surface area contributed by atoms with Crippen molar-refractivity contribution >= 4 is 5.97 Å². The van der Waals surface area contributed by atoms with Gasteiger partial charge in [0.1, 0.15) is 0 Å². The van der Waals surface area contributed by atoms with Gasteiger partial charge in [-0.2, -0.15) is 0 Å². The molecule has 0 aromatic heterocycles. The van der Waals surface area contributed by atoms with Crippen LogP contribution < -0.4 is 5.32 Å². The third-order valence-electron chi connectivity index (χ3n) is 3.43. The first-order chi connectivity index (χ1) is 6.29. The number of methoxy groups -OCH3 is 1. The Morgan fingerprint density at radius 1 is 1.38 bits per heavy atom. The van der Waals surface area contributed by atoms with Gasteiger partial charge in [0.2, 0.25) is 0 Å². The Kier molecular flexibility index (Phi) is 2.54. The predicted octanol–water partition coefficient (Wildman–Crippen LogP) is 0.795. The quantitative estimate of drug-likeness (QED) is 0.643. The number of carbonyl (C=O) groups excluding carboxylic acids is 1. The topological polar surface area (TPSA) is 38.3 Å². The molecule has 2 unspecified atom stereocenters. The van der Waals surface area contributed by atoms with Gasteiger partial charge in [0.05, 0.1) is 7.11 Å². The van der Waals surface area contributed by atoms with Crippen molar-refractivity contribution in [3.63, 3.8) is 0 Å². The zero-order valence-corrected chi connectivity index (χ0v) is 8.08. The zero-order chi connectivity index (χ0) is 9.26. The largest absolute Gasteiger partial charge is 0.469 e. The average molecular weight is 183 g/mol. The first-order valence-electron chi connectivity index (χ1n) is 5.07. The molecular weight excluding hydrogens is 166 g/mol. The highest BCUT2D eigenvalue weighted by Gasteiger charge is 2.37. The Bertz CT molecular complexity index is 193. The molecule has 0 spiro atoms. The molecule has 3 nitrogen and oxygen atoms in total. The molecule has 3 heteroatoms. The van der Waals surface area contributed by atoms with Crippen LogP contribution in [-0.4, -0.2) is 26.2 Å². The molecule has 74 valence electrons. The van der Waals surface area contributed by atoms with E-state index in [1.807, 2.05) is 0 Å². The molecule has 1 saturated carbocycles. The number of carbonyl (C=O) groups is 1. The van der Waals surface area contributed by atoms with Crippen molar-refractivity contribution in [1.82, 2.24) is 5.32 Å². The van der Waals surface area contributed by atoms with E-state index in [-0.39, 0.29) is 5.97 Å². The van der Waals surface area contributed by atoms with Crippen LogP contribution in [0.2, 0.25) is 0 Å². The fourth-order valence-electron chi connectivity index (χ4n) is 2.78. The van der Waals surface area contributed by atoms with Gasteiger partial charge >= 0.3 is 5.97 Å². The van der Waals surface area contributed by atoms with E-state index in [9.17, 15) is 4.79 Å². The highest BCUT2D eigenvalue weighted by Crippen LogP contribution is 2.39. The summed E-state index contributed by atoms with van der Waals surface area (Å²) < 4.78 is 4.68. The van der Waals surface area contributed by atoms with Crippen LogP contribution in [0.15, 0.2) is 0 Å². The minimum atomic E-state index is -0.0436. The van der Waals surface area contributed by atoms with Gasteiger partial charge in [-0.15, -0.1) is 0 Å². The molecule has 1 saturated heterocycles. The van der Waals surface area contributed by atoms with E-state index >= 15 is 0 Å². The van der Waals surface area contributed by atoms with Gasteiger partial charge < -0.3 is 10.1 Å². The monoisotopic (exact) mass is 183 g/mol. The first kappa shape index (κ1) is 9.00. The van der Waals surface area contributed by atoms with Crippen LogP contribution in [0.4, 0.5) is 0 Å². The average Bonchev–Trinajstić information content (AvgIpc) is 2.63. The molecule has 1 aliphatic carbocycles. The van der Waals surface area contributed by atoms with Crippen molar-refractivity contribution in [2.75, 3.05) is 20.2 Å². The SMILES string of the molecule is COC(=O)CC1CC2CNC[C@@H]2C1. The van der Waals surface area contributed by atoms with Crippen LogP contribution >= 0.6 is 0 Å². The minimum Gasteiger partial charge on any atom is -0.469 e. The lowest BCUT2D eigenvalue weighted by Gasteiger charge is -2.08. The Morgan fingerprint density at radius 3 is 2.54 bits per heavy atom. The maximum atomic E-state index is 11.0. The molecule has 3 atom stereocenters. The number of hydrogen-bond donors (Lipinski definition) is 1. The van der Waals surface area contributed by atoms with Crippen LogP contribution in [0.25, 0.3) is 0 Å². The molecule has 2 aliphatic rings. The number of esters is 1. The molecule has 2 rings (SSSR count). The van der Waals surface area contributed by atoms with Crippen molar-refractivity contribution in [2.45, 2.75) is 19.3 Å². The maximum Gasteiger partial charge on any atom is 0.305 e. The van der Waals surface area contributed by atoms with Gasteiger partial charge in [0.15, 0.2) is 0 Å². The number of nitrogens with one attached hydrogen (secondary N) is 1. The second kappa shape index (κ2) is 3.66. The smallest absolute Gasteiger partial charge is 0.305 e. The van der Waals surface area contributed by atoms with Gasteiger partial charge in [-0.1, -0.05) is 0 Å². The van der Waals surface area contributed by atoms with Gasteiger partial charge in [-0.3, -0.25) is 4.79 Å². The Hall–Kier alpha value is -0.570. The molecular formula is C10H17NO2. The normalized spacial score (nSPS) is 37.5. The zero-order valence-electron chi connectivity index (χ0n) is 8.08. The van der Waals surface area contributed by atoms with Crippen molar-refractivity contribution in [2.24, 2.45) is 17.8 Å². The maximum absolute atomic E-state index is 11.0. The van der Waals surface area contributed by atoms with Crippen molar-refractivity contribution in [3.05, 3.63) is 0 Å². The third kappa shape index (κ3) is 1.85. The summed E-state index contributed by atoms with van der Waals surface area (Å²) in [4.78, 5) is 11.0. The third-order valence-corrected chi connectivity index (χ3v) is 3.43. The summed E-state index contributed by atoms with van der Waals surface area (Å²) in [6, 6.07) is 0. The molecule has 1 aliphatic heterocycles. The Morgan fingerprint density at radius 2 is 2.00 bits per heavy atom. The van der Waals surface area contributed by atoms with Crippen LogP contribution in [-0.2, 0) is 9.53 Å². The van der Waals surface area contributed by atoms with Crippen molar-refractivity contribution < 1.29 is 9.53 Å². The molecule has 2 fully saturated rings. The molecule has 1 N–H and O–H groups in total. The fourth-order valence-corrected chi connectivity index (χ4v) is 2.78. The highest BCUT2D eigenvalue weighted by molar-refractivity contribution is 5.69. The molecule has 0 bridgehead atoms. The summed E-state index contributed by atoms with van der Waals surface area (Å²) in [6.07, 6.45) is 3.06. The summed E-state index contributed by atoms with van der Waals surface area (Å²) in [5, 5.41) is 3.40. The molecule has 0 aromatic rings. The summed E-state index contributed by atoms with van der Waals surface area (Å²) in [7, 11) is 1.47. The van der Waals surface area contributed by atoms with Crippen molar-refractivity contribution in [1.29, 1.82) is 0 Å². The van der Waals surface area contributed by atoms with E-state index in [1.54, 1.807) is 0 Å². The molecule has 13 heavy (non-hydrogen) atoms. The summed E-state index contributed by atoms with van der Waals surface area (Å²) in [5.74, 6) is 2.20. The van der Waals surface area contributed by atoms with E-state index in [2.05, 4.69) is 10.1 Å². The van der Waals surface area contributed by atoms with E-state index in [1.165, 1.54) is 20.0 Å². The van der Waals surface area contributed by atoms with Gasteiger partial charge in [0, 0.05) is 6.42 Å². The first-order valence-corrected chi connectivity index (χ1v) is 5.07. The predicted molar refractivity (Wildman–Crippen MR) is 49.2 cm³/mol. The second-order valence-electron chi connectivity index (χ2n) is 4.30. The minimum absolute atomic E-state index is 0.0436. The highest BCUT2D eigenvalue weighted by atomic mass is 16.5. The molecule has 1 heterocycles. The number of hydrogen-bond acceptors (Lipinski definition) is 3. The van der Waals surface area contributed by atoms with E-state index in [0.717, 1.165) is 24.9 Å². The van der Waals surface area contributed by atoms with Gasteiger partial charge in [0.25, 0.3) is 0 Å². The van der Waals surface area contributed by atoms with Gasteiger partial charge in [-0.25, -0.2) is 0 Å². The van der Waals surface area contributed by atoms with Crippen LogP contribution in [0.3, 0.4) is 0 Å². The lowest BCUT2D eigenvalue weighted by Crippen LogP contribution is -2.14. The number of rotatable bonds is 2. The van der Waals surface area contributed by atoms with E-state index in [4.69, 9.17) is 0 Å².